The molecule has 1 saturated heterocycles. The van der Waals surface area contributed by atoms with Crippen LogP contribution >= 0.6 is 0 Å². The Morgan fingerprint density at radius 2 is 2.07 bits per heavy atom. The highest BCUT2D eigenvalue weighted by Crippen LogP contribution is 2.22. The van der Waals surface area contributed by atoms with Crippen LogP contribution in [0, 0.1) is 19.8 Å². The van der Waals surface area contributed by atoms with E-state index < -0.39 is 6.03 Å². The first kappa shape index (κ1) is 19.4. The van der Waals surface area contributed by atoms with Crippen LogP contribution in [0.3, 0.4) is 0 Å². The van der Waals surface area contributed by atoms with Gasteiger partial charge in [-0.1, -0.05) is 5.16 Å². The summed E-state index contributed by atoms with van der Waals surface area (Å²) in [6, 6.07) is -0.285. The Balaban J connectivity index is 1.38. The van der Waals surface area contributed by atoms with Crippen LogP contribution in [0.15, 0.2) is 21.5 Å². The number of nitrogens with zero attached hydrogens (tertiary/aromatic N) is 4. The predicted molar refractivity (Wildman–Crippen MR) is 102 cm³/mol. The number of hydrogen-bond acceptors (Lipinski definition) is 7. The average molecular weight is 403 g/mol. The zero-order chi connectivity index (χ0) is 20.4. The smallest absolute Gasteiger partial charge is 0.348 e. The number of amides is 3. The first-order valence-corrected chi connectivity index (χ1v) is 9.82. The van der Waals surface area contributed by atoms with Gasteiger partial charge >= 0.3 is 12.1 Å². The van der Waals surface area contributed by atoms with E-state index in [4.69, 9.17) is 14.0 Å². The van der Waals surface area contributed by atoms with Crippen molar-refractivity contribution in [2.24, 2.45) is 10.9 Å². The summed E-state index contributed by atoms with van der Waals surface area (Å²) in [7, 11) is 0. The van der Waals surface area contributed by atoms with Crippen molar-refractivity contribution >= 4 is 18.0 Å². The third kappa shape index (κ3) is 4.12. The molecule has 1 N–H and O–H groups in total. The van der Waals surface area contributed by atoms with Crippen molar-refractivity contribution in [3.8, 4) is 0 Å². The number of aromatic nitrogens is 1. The minimum atomic E-state index is -0.417. The Morgan fingerprint density at radius 1 is 1.28 bits per heavy atom. The topological polar surface area (TPSA) is 110 Å². The molecule has 156 valence electrons. The van der Waals surface area contributed by atoms with Crippen molar-refractivity contribution in [1.82, 2.24) is 20.3 Å². The van der Waals surface area contributed by atoms with Crippen molar-refractivity contribution in [2.75, 3.05) is 32.8 Å². The Hall–Kier alpha value is -2.88. The van der Waals surface area contributed by atoms with Gasteiger partial charge in [-0.05, 0) is 32.6 Å². The highest BCUT2D eigenvalue weighted by atomic mass is 16.5. The van der Waals surface area contributed by atoms with Gasteiger partial charge in [0.2, 0.25) is 0 Å². The van der Waals surface area contributed by atoms with E-state index in [0.29, 0.717) is 43.6 Å². The van der Waals surface area contributed by atoms with Gasteiger partial charge in [-0.2, -0.15) is 0 Å². The second kappa shape index (κ2) is 8.24. The minimum Gasteiger partial charge on any atom is -0.431 e. The van der Waals surface area contributed by atoms with Gasteiger partial charge in [-0.25, -0.2) is 4.79 Å². The number of aryl methyl sites for hydroxylation is 2. The highest BCUT2D eigenvalue weighted by molar-refractivity contribution is 6.01. The third-order valence-corrected chi connectivity index (χ3v) is 5.51. The van der Waals surface area contributed by atoms with E-state index in [9.17, 15) is 9.59 Å². The molecule has 0 aliphatic carbocycles. The molecule has 4 heterocycles. The average Bonchev–Trinajstić information content (AvgIpc) is 3.22. The lowest BCUT2D eigenvalue weighted by Crippen LogP contribution is -2.40. The number of aliphatic imine (C=N–C) groups is 1. The quantitative estimate of drug-likeness (QED) is 0.789. The fourth-order valence-electron chi connectivity index (χ4n) is 3.63. The van der Waals surface area contributed by atoms with Crippen LogP contribution in [0.25, 0.3) is 0 Å². The summed E-state index contributed by atoms with van der Waals surface area (Å²) in [6.07, 6.45) is 3.24. The molecule has 0 saturated carbocycles. The zero-order valence-corrected chi connectivity index (χ0v) is 16.6. The van der Waals surface area contributed by atoms with Gasteiger partial charge in [0.25, 0.3) is 5.91 Å². The standard InChI is InChI=1S/C19H25N5O5/c1-12-15(13(2)29-22-12)10-23-5-6-24-16(11-28-19(24)21-18(23)26)17(25)20-9-14-3-7-27-8-4-14/h11,14H,3-10H2,1-2H3,(H,20,25). The van der Waals surface area contributed by atoms with Gasteiger partial charge in [0.05, 0.1) is 12.2 Å². The second-order valence-electron chi connectivity index (χ2n) is 7.44. The van der Waals surface area contributed by atoms with E-state index >= 15 is 0 Å². The molecule has 3 aliphatic rings. The van der Waals surface area contributed by atoms with Crippen molar-refractivity contribution in [2.45, 2.75) is 33.2 Å². The molecule has 29 heavy (non-hydrogen) atoms. The summed E-state index contributed by atoms with van der Waals surface area (Å²) < 4.78 is 15.9. The summed E-state index contributed by atoms with van der Waals surface area (Å²) in [5.41, 5.74) is 1.98. The van der Waals surface area contributed by atoms with Gasteiger partial charge in [0.1, 0.15) is 17.7 Å². The van der Waals surface area contributed by atoms with Crippen LogP contribution in [-0.2, 0) is 20.8 Å². The Labute approximate surface area is 168 Å². The molecule has 0 atom stereocenters. The maximum absolute atomic E-state index is 12.7. The number of hydrogen-bond donors (Lipinski definition) is 1. The first-order chi connectivity index (χ1) is 14.0. The Bertz CT molecular complexity index is 836. The molecule has 10 nitrogen and oxygen atoms in total. The molecule has 4 rings (SSSR count). The lowest BCUT2D eigenvalue weighted by atomic mass is 10.0. The first-order valence-electron chi connectivity index (χ1n) is 9.82. The van der Waals surface area contributed by atoms with Gasteiger partial charge < -0.3 is 24.2 Å². The van der Waals surface area contributed by atoms with Crippen LogP contribution in [0.2, 0.25) is 0 Å². The fourth-order valence-corrected chi connectivity index (χ4v) is 3.63. The largest absolute Gasteiger partial charge is 0.431 e. The van der Waals surface area contributed by atoms with Gasteiger partial charge in [0.15, 0.2) is 0 Å². The maximum atomic E-state index is 12.7. The summed E-state index contributed by atoms with van der Waals surface area (Å²) in [6.45, 7) is 6.86. The molecular weight excluding hydrogens is 378 g/mol. The molecule has 1 fully saturated rings. The molecule has 0 spiro atoms. The lowest BCUT2D eigenvalue weighted by Gasteiger charge is -2.23. The summed E-state index contributed by atoms with van der Waals surface area (Å²) >= 11 is 0. The number of amidine groups is 1. The van der Waals surface area contributed by atoms with E-state index in [2.05, 4.69) is 15.5 Å². The van der Waals surface area contributed by atoms with E-state index in [1.165, 1.54) is 6.26 Å². The SMILES string of the molecule is Cc1noc(C)c1CN1CCN2C(C(=O)NCC3CCOCC3)=COC2=NC1=O. The molecule has 0 radical (unpaired) electrons. The molecule has 3 amide bonds. The monoisotopic (exact) mass is 403 g/mol. The van der Waals surface area contributed by atoms with Crippen LogP contribution in [0.4, 0.5) is 4.79 Å². The minimum absolute atomic E-state index is 0.132. The fraction of sp³-hybridized carbons (Fsp3) is 0.579. The van der Waals surface area contributed by atoms with E-state index in [-0.39, 0.29) is 11.9 Å². The van der Waals surface area contributed by atoms with Gasteiger partial charge in [0, 0.05) is 38.4 Å². The number of urea groups is 1. The maximum Gasteiger partial charge on any atom is 0.348 e. The summed E-state index contributed by atoms with van der Waals surface area (Å²) in [5, 5.41) is 6.89. The number of carbonyl (C=O) groups excluding carboxylic acids is 2. The van der Waals surface area contributed by atoms with Crippen LogP contribution < -0.4 is 5.32 Å². The van der Waals surface area contributed by atoms with E-state index in [1.807, 2.05) is 13.8 Å². The summed E-state index contributed by atoms with van der Waals surface area (Å²) in [5.74, 6) is 0.866. The molecule has 0 aromatic carbocycles. The van der Waals surface area contributed by atoms with Crippen LogP contribution in [-0.4, -0.2) is 65.8 Å². The van der Waals surface area contributed by atoms with Crippen molar-refractivity contribution in [3.05, 3.63) is 29.0 Å². The molecule has 0 unspecified atom stereocenters. The van der Waals surface area contributed by atoms with Crippen LogP contribution in [0.5, 0.6) is 0 Å². The normalized spacial score (nSPS) is 20.0. The molecule has 1 aromatic heterocycles. The third-order valence-electron chi connectivity index (χ3n) is 5.51. The molecule has 10 heteroatoms. The van der Waals surface area contributed by atoms with E-state index in [0.717, 1.165) is 37.3 Å². The number of ether oxygens (including phenoxy) is 2. The molecule has 1 aromatic rings. The van der Waals surface area contributed by atoms with E-state index in [1.54, 1.807) is 9.80 Å². The van der Waals surface area contributed by atoms with Crippen molar-refractivity contribution in [1.29, 1.82) is 0 Å². The number of carbonyl (C=O) groups is 2. The van der Waals surface area contributed by atoms with Crippen molar-refractivity contribution < 1.29 is 23.6 Å². The molecule has 0 bridgehead atoms. The second-order valence-corrected chi connectivity index (χ2v) is 7.44. The summed E-state index contributed by atoms with van der Waals surface area (Å²) in [4.78, 5) is 32.5. The number of rotatable bonds is 5. The predicted octanol–water partition coefficient (Wildman–Crippen LogP) is 1.30. The number of fused-ring (bicyclic) bond motifs is 1. The highest BCUT2D eigenvalue weighted by Gasteiger charge is 2.34. The Morgan fingerprint density at radius 3 is 2.79 bits per heavy atom. The lowest BCUT2D eigenvalue weighted by molar-refractivity contribution is -0.118. The van der Waals surface area contributed by atoms with Gasteiger partial charge in [-0.15, -0.1) is 4.99 Å². The van der Waals surface area contributed by atoms with Crippen LogP contribution in [0.1, 0.15) is 29.9 Å². The molecular formula is C19H25N5O5. The van der Waals surface area contributed by atoms with Crippen molar-refractivity contribution in [3.63, 3.8) is 0 Å². The zero-order valence-electron chi connectivity index (χ0n) is 16.6. The number of nitrogens with one attached hydrogen (secondary N) is 1. The Kier molecular flexibility index (Phi) is 5.52. The van der Waals surface area contributed by atoms with Gasteiger partial charge in [-0.3, -0.25) is 9.69 Å². The molecule has 3 aliphatic heterocycles.